The van der Waals surface area contributed by atoms with Crippen molar-refractivity contribution < 1.29 is 18.0 Å². The van der Waals surface area contributed by atoms with Crippen molar-refractivity contribution in [3.63, 3.8) is 0 Å². The highest BCUT2D eigenvalue weighted by molar-refractivity contribution is 5.76. The maximum atomic E-state index is 13.9. The molecule has 0 spiro atoms. The van der Waals surface area contributed by atoms with Crippen molar-refractivity contribution in [2.24, 2.45) is 5.41 Å². The molecule has 0 saturated heterocycles. The molecule has 1 N–H and O–H groups in total. The predicted molar refractivity (Wildman–Crippen MR) is 104 cm³/mol. The fourth-order valence-electron chi connectivity index (χ4n) is 2.87. The SMILES string of the molecule is CC(C)(C)[C@@H](Cn1ccnc1)NC(=O)CCc1ncc(-c2ccc(F)cc2F)o1. The molecule has 29 heavy (non-hydrogen) atoms. The summed E-state index contributed by atoms with van der Waals surface area (Å²) in [6.07, 6.45) is 7.10. The van der Waals surface area contributed by atoms with Gasteiger partial charge in [0.05, 0.1) is 24.1 Å². The van der Waals surface area contributed by atoms with Crippen LogP contribution >= 0.6 is 0 Å². The summed E-state index contributed by atoms with van der Waals surface area (Å²) in [5.41, 5.74) is -0.0152. The van der Waals surface area contributed by atoms with Gasteiger partial charge in [-0.15, -0.1) is 0 Å². The van der Waals surface area contributed by atoms with Crippen molar-refractivity contribution in [3.8, 4) is 11.3 Å². The number of aromatic nitrogens is 3. The van der Waals surface area contributed by atoms with E-state index >= 15 is 0 Å². The lowest BCUT2D eigenvalue weighted by Gasteiger charge is -2.31. The Balaban J connectivity index is 1.59. The number of oxazole rings is 1. The minimum absolute atomic E-state index is 0.0855. The molecule has 0 unspecified atom stereocenters. The van der Waals surface area contributed by atoms with Crippen LogP contribution in [0.2, 0.25) is 0 Å². The minimum atomic E-state index is -0.724. The van der Waals surface area contributed by atoms with E-state index in [1.165, 1.54) is 12.3 Å². The summed E-state index contributed by atoms with van der Waals surface area (Å²) in [5.74, 6) is -0.992. The number of rotatable bonds is 7. The molecule has 0 saturated carbocycles. The van der Waals surface area contributed by atoms with Crippen molar-refractivity contribution in [2.45, 2.75) is 46.2 Å². The maximum absolute atomic E-state index is 13.9. The van der Waals surface area contributed by atoms with E-state index in [9.17, 15) is 13.6 Å². The smallest absolute Gasteiger partial charge is 0.220 e. The number of carbonyl (C=O) groups is 1. The largest absolute Gasteiger partial charge is 0.441 e. The van der Waals surface area contributed by atoms with Gasteiger partial charge < -0.3 is 14.3 Å². The summed E-state index contributed by atoms with van der Waals surface area (Å²) in [7, 11) is 0. The Morgan fingerprint density at radius 2 is 2.10 bits per heavy atom. The summed E-state index contributed by atoms with van der Waals surface area (Å²) >= 11 is 0. The van der Waals surface area contributed by atoms with Gasteiger partial charge in [-0.05, 0) is 17.5 Å². The Hall–Kier alpha value is -3.03. The summed E-state index contributed by atoms with van der Waals surface area (Å²) in [6, 6.07) is 3.16. The Bertz CT molecular complexity index is 961. The van der Waals surface area contributed by atoms with E-state index in [0.717, 1.165) is 12.1 Å². The molecule has 0 radical (unpaired) electrons. The molecule has 0 aliphatic heterocycles. The summed E-state index contributed by atoms with van der Waals surface area (Å²) in [6.45, 7) is 6.80. The lowest BCUT2D eigenvalue weighted by Crippen LogP contribution is -2.46. The lowest BCUT2D eigenvalue weighted by atomic mass is 9.86. The van der Waals surface area contributed by atoms with Crippen LogP contribution in [0.15, 0.2) is 47.5 Å². The number of nitrogens with zero attached hydrogens (tertiary/aromatic N) is 3. The Kier molecular flexibility index (Phi) is 6.10. The average Bonchev–Trinajstić information content (AvgIpc) is 3.30. The van der Waals surface area contributed by atoms with Crippen LogP contribution in [0.4, 0.5) is 8.78 Å². The van der Waals surface area contributed by atoms with Crippen molar-refractivity contribution >= 4 is 5.91 Å². The quantitative estimate of drug-likeness (QED) is 0.649. The summed E-state index contributed by atoms with van der Waals surface area (Å²) in [4.78, 5) is 20.6. The van der Waals surface area contributed by atoms with Crippen LogP contribution in [-0.2, 0) is 17.8 Å². The number of nitrogens with one attached hydrogen (secondary N) is 1. The number of hydrogen-bond acceptors (Lipinski definition) is 4. The Labute approximate surface area is 168 Å². The monoisotopic (exact) mass is 402 g/mol. The number of imidazole rings is 1. The first-order valence-corrected chi connectivity index (χ1v) is 9.37. The number of amides is 1. The molecule has 3 aromatic rings. The number of hydrogen-bond donors (Lipinski definition) is 1. The molecular weight excluding hydrogens is 378 g/mol. The van der Waals surface area contributed by atoms with Gasteiger partial charge in [-0.1, -0.05) is 20.8 Å². The van der Waals surface area contributed by atoms with E-state index in [4.69, 9.17) is 4.42 Å². The molecule has 0 fully saturated rings. The first-order valence-electron chi connectivity index (χ1n) is 9.37. The van der Waals surface area contributed by atoms with Gasteiger partial charge in [-0.25, -0.2) is 18.7 Å². The zero-order valence-corrected chi connectivity index (χ0v) is 16.7. The molecule has 2 aromatic heterocycles. The van der Waals surface area contributed by atoms with Crippen molar-refractivity contribution in [2.75, 3.05) is 0 Å². The molecule has 0 bridgehead atoms. The predicted octanol–water partition coefficient (Wildman–Crippen LogP) is 3.98. The van der Waals surface area contributed by atoms with Crippen LogP contribution in [0.1, 0.15) is 33.1 Å². The van der Waals surface area contributed by atoms with Gasteiger partial charge in [0, 0.05) is 37.8 Å². The van der Waals surface area contributed by atoms with E-state index in [1.807, 2.05) is 10.8 Å². The lowest BCUT2D eigenvalue weighted by molar-refractivity contribution is -0.122. The third-order valence-corrected chi connectivity index (χ3v) is 4.65. The molecule has 0 aliphatic carbocycles. The van der Waals surface area contributed by atoms with Gasteiger partial charge >= 0.3 is 0 Å². The molecule has 154 valence electrons. The van der Waals surface area contributed by atoms with Crippen LogP contribution in [0, 0.1) is 17.0 Å². The third-order valence-electron chi connectivity index (χ3n) is 4.65. The van der Waals surface area contributed by atoms with Crippen LogP contribution in [-0.4, -0.2) is 26.5 Å². The van der Waals surface area contributed by atoms with Crippen molar-refractivity contribution in [1.82, 2.24) is 19.9 Å². The second-order valence-corrected chi connectivity index (χ2v) is 7.99. The Morgan fingerprint density at radius 3 is 2.76 bits per heavy atom. The van der Waals surface area contributed by atoms with Crippen LogP contribution < -0.4 is 5.32 Å². The number of aryl methyl sites for hydroxylation is 1. The van der Waals surface area contributed by atoms with Crippen LogP contribution in [0.5, 0.6) is 0 Å². The fraction of sp³-hybridized carbons (Fsp3) is 0.381. The second kappa shape index (κ2) is 8.55. The molecule has 3 rings (SSSR count). The standard InChI is InChI=1S/C21H24F2N4O2/c1-21(2,3)18(12-27-9-8-24-13-27)26-19(28)6-7-20-25-11-17(29-20)15-5-4-14(22)10-16(15)23/h4-5,8-11,13,18H,6-7,12H2,1-3H3,(H,26,28)/t18-/m1/s1. The first kappa shape index (κ1) is 20.7. The molecule has 1 atom stereocenters. The molecule has 0 aliphatic rings. The normalized spacial score (nSPS) is 12.7. The van der Waals surface area contributed by atoms with Gasteiger partial charge in [0.1, 0.15) is 11.6 Å². The van der Waals surface area contributed by atoms with E-state index in [2.05, 4.69) is 36.1 Å². The van der Waals surface area contributed by atoms with Crippen molar-refractivity contribution in [3.05, 3.63) is 60.6 Å². The average molecular weight is 402 g/mol. The molecule has 8 heteroatoms. The summed E-state index contributed by atoms with van der Waals surface area (Å²) < 4.78 is 34.4. The van der Waals surface area contributed by atoms with Gasteiger partial charge in [0.25, 0.3) is 0 Å². The second-order valence-electron chi connectivity index (χ2n) is 7.99. The van der Waals surface area contributed by atoms with Crippen molar-refractivity contribution in [1.29, 1.82) is 0 Å². The fourth-order valence-corrected chi connectivity index (χ4v) is 2.87. The zero-order valence-electron chi connectivity index (χ0n) is 16.7. The number of benzene rings is 1. The molecule has 2 heterocycles. The first-order chi connectivity index (χ1) is 13.7. The number of carbonyl (C=O) groups excluding carboxylic acids is 1. The molecular formula is C21H24F2N4O2. The van der Waals surface area contributed by atoms with Crippen LogP contribution in [0.3, 0.4) is 0 Å². The maximum Gasteiger partial charge on any atom is 0.220 e. The van der Waals surface area contributed by atoms with E-state index in [0.29, 0.717) is 12.4 Å². The Morgan fingerprint density at radius 1 is 1.31 bits per heavy atom. The topological polar surface area (TPSA) is 73.0 Å². The molecule has 1 amide bonds. The summed E-state index contributed by atoms with van der Waals surface area (Å²) in [5, 5.41) is 3.06. The van der Waals surface area contributed by atoms with Gasteiger partial charge in [0.15, 0.2) is 11.7 Å². The van der Waals surface area contributed by atoms with Gasteiger partial charge in [-0.2, -0.15) is 0 Å². The highest BCUT2D eigenvalue weighted by Crippen LogP contribution is 2.25. The zero-order chi connectivity index (χ0) is 21.0. The van der Waals surface area contributed by atoms with E-state index < -0.39 is 11.6 Å². The van der Waals surface area contributed by atoms with E-state index in [1.54, 1.807) is 12.5 Å². The van der Waals surface area contributed by atoms with Crippen LogP contribution in [0.25, 0.3) is 11.3 Å². The molecule has 1 aromatic carbocycles. The van der Waals surface area contributed by atoms with E-state index in [-0.39, 0.29) is 41.5 Å². The minimum Gasteiger partial charge on any atom is -0.441 e. The number of halogens is 2. The highest BCUT2D eigenvalue weighted by Gasteiger charge is 2.26. The highest BCUT2D eigenvalue weighted by atomic mass is 19.1. The van der Waals surface area contributed by atoms with Gasteiger partial charge in [0.2, 0.25) is 5.91 Å². The third kappa shape index (κ3) is 5.49. The van der Waals surface area contributed by atoms with Gasteiger partial charge in [-0.3, -0.25) is 4.79 Å². The molecule has 6 nitrogen and oxygen atoms in total.